The maximum atomic E-state index is 11.6. The minimum atomic E-state index is -0.580. The molecule has 0 spiro atoms. The number of carbonyl (C=O) groups excluding carboxylic acids is 1. The van der Waals surface area contributed by atoms with Gasteiger partial charge >= 0.3 is 5.97 Å². The molecule has 0 unspecified atom stereocenters. The van der Waals surface area contributed by atoms with E-state index in [-0.39, 0.29) is 12.1 Å². The lowest BCUT2D eigenvalue weighted by Gasteiger charge is -2.19. The van der Waals surface area contributed by atoms with Crippen LogP contribution >= 0.6 is 0 Å². The fourth-order valence-corrected chi connectivity index (χ4v) is 1.91. The van der Waals surface area contributed by atoms with Gasteiger partial charge in [-0.3, -0.25) is 4.84 Å². The first kappa shape index (κ1) is 13.0. The summed E-state index contributed by atoms with van der Waals surface area (Å²) in [7, 11) is 0. The molecule has 0 saturated carbocycles. The summed E-state index contributed by atoms with van der Waals surface area (Å²) in [6.45, 7) is 2.69. The van der Waals surface area contributed by atoms with E-state index in [1.807, 2.05) is 30.3 Å². The van der Waals surface area contributed by atoms with Gasteiger partial charge in [0.25, 0.3) is 0 Å². The summed E-state index contributed by atoms with van der Waals surface area (Å²) in [4.78, 5) is 17.1. The highest BCUT2D eigenvalue weighted by Crippen LogP contribution is 2.21. The molecule has 0 aliphatic carbocycles. The van der Waals surface area contributed by atoms with Gasteiger partial charge in [0, 0.05) is 6.42 Å². The molecule has 98 valence electrons. The van der Waals surface area contributed by atoms with Gasteiger partial charge in [0.2, 0.25) is 0 Å². The Kier molecular flexibility index (Phi) is 4.30. The third-order valence-electron chi connectivity index (χ3n) is 2.82. The van der Waals surface area contributed by atoms with Gasteiger partial charge < -0.3 is 10.5 Å². The first-order valence-corrected chi connectivity index (χ1v) is 6.10. The Morgan fingerprint density at radius 2 is 2.22 bits per heavy atom. The summed E-state index contributed by atoms with van der Waals surface area (Å²) < 4.78 is 4.93. The standard InChI is InChI=1S/C13H18N2O3/c1-2-17-13(16)11-8-12(14)15(18-11)9-10-6-4-3-5-7-10/h3-7,11-12H,2,8-9,14H2,1H3/t11-,12+/m1/s1. The number of ether oxygens (including phenoxy) is 1. The zero-order chi connectivity index (χ0) is 13.0. The molecule has 1 aromatic carbocycles. The van der Waals surface area contributed by atoms with Crippen LogP contribution in [0.3, 0.4) is 0 Å². The molecule has 1 heterocycles. The molecule has 2 rings (SSSR count). The monoisotopic (exact) mass is 250 g/mol. The summed E-state index contributed by atoms with van der Waals surface area (Å²) in [5.74, 6) is -0.344. The fourth-order valence-electron chi connectivity index (χ4n) is 1.91. The molecule has 1 aliphatic rings. The summed E-state index contributed by atoms with van der Waals surface area (Å²) in [5.41, 5.74) is 7.04. The van der Waals surface area contributed by atoms with Crippen molar-refractivity contribution in [2.75, 3.05) is 6.61 Å². The number of hydrogen-bond acceptors (Lipinski definition) is 5. The summed E-state index contributed by atoms with van der Waals surface area (Å²) in [6.07, 6.45) is -0.394. The van der Waals surface area contributed by atoms with Gasteiger partial charge in [-0.25, -0.2) is 4.79 Å². The van der Waals surface area contributed by atoms with Gasteiger partial charge in [-0.05, 0) is 12.5 Å². The second-order valence-electron chi connectivity index (χ2n) is 4.21. The minimum absolute atomic E-state index is 0.278. The fraction of sp³-hybridized carbons (Fsp3) is 0.462. The highest BCUT2D eigenvalue weighted by Gasteiger charge is 2.36. The van der Waals surface area contributed by atoms with Crippen molar-refractivity contribution in [3.05, 3.63) is 35.9 Å². The van der Waals surface area contributed by atoms with E-state index in [0.29, 0.717) is 19.6 Å². The summed E-state index contributed by atoms with van der Waals surface area (Å²) in [6, 6.07) is 9.86. The minimum Gasteiger partial charge on any atom is -0.464 e. The van der Waals surface area contributed by atoms with E-state index in [1.54, 1.807) is 12.0 Å². The molecular weight excluding hydrogens is 232 g/mol. The van der Waals surface area contributed by atoms with Crippen molar-refractivity contribution >= 4 is 5.97 Å². The number of nitrogens with two attached hydrogens (primary N) is 1. The maximum Gasteiger partial charge on any atom is 0.337 e. The molecule has 0 bridgehead atoms. The van der Waals surface area contributed by atoms with Gasteiger partial charge in [0.15, 0.2) is 6.10 Å². The second-order valence-corrected chi connectivity index (χ2v) is 4.21. The highest BCUT2D eigenvalue weighted by molar-refractivity contribution is 5.74. The molecule has 1 aliphatic heterocycles. The van der Waals surface area contributed by atoms with Crippen LogP contribution < -0.4 is 5.73 Å². The third kappa shape index (κ3) is 3.07. The molecule has 18 heavy (non-hydrogen) atoms. The van der Waals surface area contributed by atoms with Crippen LogP contribution in [-0.2, 0) is 20.9 Å². The van der Waals surface area contributed by atoms with Crippen LogP contribution in [0, 0.1) is 0 Å². The second kappa shape index (κ2) is 5.95. The van der Waals surface area contributed by atoms with E-state index in [9.17, 15) is 4.79 Å². The zero-order valence-corrected chi connectivity index (χ0v) is 10.4. The molecular formula is C13H18N2O3. The van der Waals surface area contributed by atoms with Crippen LogP contribution in [0.2, 0.25) is 0 Å². The number of rotatable bonds is 4. The lowest BCUT2D eigenvalue weighted by atomic mass is 10.2. The van der Waals surface area contributed by atoms with Crippen LogP contribution in [0.1, 0.15) is 18.9 Å². The largest absolute Gasteiger partial charge is 0.464 e. The average molecular weight is 250 g/mol. The summed E-state index contributed by atoms with van der Waals surface area (Å²) in [5, 5.41) is 1.64. The molecule has 0 aromatic heterocycles. The van der Waals surface area contributed by atoms with Gasteiger partial charge in [0.1, 0.15) is 0 Å². The molecule has 1 saturated heterocycles. The van der Waals surface area contributed by atoms with Gasteiger partial charge in [-0.15, -0.1) is 0 Å². The first-order chi connectivity index (χ1) is 8.70. The number of hydroxylamine groups is 2. The number of nitrogens with zero attached hydrogens (tertiary/aromatic N) is 1. The van der Waals surface area contributed by atoms with Crippen LogP contribution in [0.5, 0.6) is 0 Å². The van der Waals surface area contributed by atoms with Crippen LogP contribution in [-0.4, -0.2) is 29.9 Å². The molecule has 0 amide bonds. The smallest absolute Gasteiger partial charge is 0.337 e. The third-order valence-corrected chi connectivity index (χ3v) is 2.82. The Bertz CT molecular complexity index is 396. The Hall–Kier alpha value is -1.43. The van der Waals surface area contributed by atoms with Crippen molar-refractivity contribution < 1.29 is 14.4 Å². The van der Waals surface area contributed by atoms with E-state index >= 15 is 0 Å². The van der Waals surface area contributed by atoms with Crippen molar-refractivity contribution in [3.63, 3.8) is 0 Å². The Balaban J connectivity index is 1.93. The Morgan fingerprint density at radius 3 is 2.89 bits per heavy atom. The predicted molar refractivity (Wildman–Crippen MR) is 66.1 cm³/mol. The predicted octanol–water partition coefficient (Wildman–Crippen LogP) is 1.04. The van der Waals surface area contributed by atoms with E-state index in [0.717, 1.165) is 5.56 Å². The molecule has 5 nitrogen and oxygen atoms in total. The number of carbonyl (C=O) groups is 1. The maximum absolute atomic E-state index is 11.6. The average Bonchev–Trinajstić information content (AvgIpc) is 2.73. The van der Waals surface area contributed by atoms with Crippen molar-refractivity contribution in [1.82, 2.24) is 5.06 Å². The zero-order valence-electron chi connectivity index (χ0n) is 10.4. The van der Waals surface area contributed by atoms with Gasteiger partial charge in [-0.2, -0.15) is 5.06 Å². The summed E-state index contributed by atoms with van der Waals surface area (Å²) >= 11 is 0. The molecule has 0 radical (unpaired) electrons. The highest BCUT2D eigenvalue weighted by atomic mass is 16.7. The molecule has 2 atom stereocenters. The number of benzene rings is 1. The van der Waals surface area contributed by atoms with Crippen LogP contribution in [0.25, 0.3) is 0 Å². The quantitative estimate of drug-likeness (QED) is 0.809. The van der Waals surface area contributed by atoms with Crippen molar-refractivity contribution in [2.45, 2.75) is 32.2 Å². The van der Waals surface area contributed by atoms with E-state index in [4.69, 9.17) is 15.3 Å². The number of esters is 1. The van der Waals surface area contributed by atoms with E-state index in [1.165, 1.54) is 0 Å². The molecule has 1 fully saturated rings. The molecule has 5 heteroatoms. The SMILES string of the molecule is CCOC(=O)[C@H]1C[C@@H](N)N(Cc2ccccc2)O1. The van der Waals surface area contributed by atoms with Crippen molar-refractivity contribution in [3.8, 4) is 0 Å². The normalized spacial score (nSPS) is 24.1. The Labute approximate surface area is 106 Å². The van der Waals surface area contributed by atoms with Crippen LogP contribution in [0.15, 0.2) is 30.3 Å². The van der Waals surface area contributed by atoms with E-state index < -0.39 is 6.10 Å². The van der Waals surface area contributed by atoms with Crippen molar-refractivity contribution in [2.24, 2.45) is 5.73 Å². The van der Waals surface area contributed by atoms with Gasteiger partial charge in [-0.1, -0.05) is 30.3 Å². The molecule has 2 N–H and O–H groups in total. The van der Waals surface area contributed by atoms with E-state index in [2.05, 4.69) is 0 Å². The Morgan fingerprint density at radius 1 is 1.50 bits per heavy atom. The van der Waals surface area contributed by atoms with Crippen LogP contribution in [0.4, 0.5) is 0 Å². The first-order valence-electron chi connectivity index (χ1n) is 6.10. The topological polar surface area (TPSA) is 64.8 Å². The lowest BCUT2D eigenvalue weighted by molar-refractivity contribution is -0.192. The molecule has 1 aromatic rings. The number of hydrogen-bond donors (Lipinski definition) is 1. The lowest BCUT2D eigenvalue weighted by Crippen LogP contribution is -2.34. The van der Waals surface area contributed by atoms with Crippen molar-refractivity contribution in [1.29, 1.82) is 0 Å². The van der Waals surface area contributed by atoms with Gasteiger partial charge in [0.05, 0.1) is 19.3 Å².